The summed E-state index contributed by atoms with van der Waals surface area (Å²) in [5.41, 5.74) is 0. The topological polar surface area (TPSA) is 26.3 Å². The summed E-state index contributed by atoms with van der Waals surface area (Å²) in [5.74, 6) is -0.310. The largest absolute Gasteiger partial charge is 0.460 e. The van der Waals surface area contributed by atoms with E-state index in [1.807, 2.05) is 6.92 Å². The van der Waals surface area contributed by atoms with Gasteiger partial charge >= 0.3 is 5.97 Å². The molecule has 0 aromatic rings. The molecule has 0 aliphatic heterocycles. The molecule has 1 unspecified atom stereocenters. The van der Waals surface area contributed by atoms with Crippen molar-refractivity contribution in [3.05, 3.63) is 12.7 Å². The van der Waals surface area contributed by atoms with Crippen molar-refractivity contribution >= 4 is 71.9 Å². The van der Waals surface area contributed by atoms with Crippen LogP contribution in [0.3, 0.4) is 0 Å². The lowest BCUT2D eigenvalue weighted by Crippen LogP contribution is -2.12. The smallest absolute Gasteiger partial charge is 0.330 e. The lowest BCUT2D eigenvalue weighted by atomic mass is 10.1. The summed E-state index contributed by atoms with van der Waals surface area (Å²) in [6.07, 6.45) is 8.60. The van der Waals surface area contributed by atoms with Crippen LogP contribution >= 0.6 is 65.4 Å². The molecular weight excluding hydrogens is 585 g/mol. The Balaban J connectivity index is 3.35. The molecule has 0 bridgehead atoms. The fraction of sp³-hybridized carbons (Fsp3) is 0.750. The highest BCUT2D eigenvalue weighted by Gasteiger charge is 2.20. The predicted molar refractivity (Wildman–Crippen MR) is 106 cm³/mol. The quantitative estimate of drug-likeness (QED) is 0.0799. The fourth-order valence-corrected chi connectivity index (χ4v) is 5.68. The van der Waals surface area contributed by atoms with E-state index in [1.54, 1.807) is 0 Å². The Morgan fingerprint density at radius 1 is 1.22 bits per heavy atom. The van der Waals surface area contributed by atoms with E-state index < -0.39 is 0.564 Å². The summed E-state index contributed by atoms with van der Waals surface area (Å²) in [7, 11) is 0. The molecule has 0 aromatic carbocycles. The lowest BCUT2D eigenvalue weighted by Gasteiger charge is -2.11. The van der Waals surface area contributed by atoms with Gasteiger partial charge in [0, 0.05) is 6.08 Å². The van der Waals surface area contributed by atoms with Crippen molar-refractivity contribution in [3.8, 4) is 0 Å². The molecule has 0 heterocycles. The highest BCUT2D eigenvalue weighted by molar-refractivity contribution is 14.4. The van der Waals surface area contributed by atoms with Crippen LogP contribution in [0.4, 0.5) is 0 Å². The van der Waals surface area contributed by atoms with Gasteiger partial charge in [0.15, 0.2) is 0 Å². The predicted octanol–water partition coefficient (Wildman–Crippen LogP) is 5.69. The minimum atomic E-state index is -0.923. The van der Waals surface area contributed by atoms with Crippen molar-refractivity contribution in [2.45, 2.75) is 57.6 Å². The van der Waals surface area contributed by atoms with Crippen LogP contribution in [0.5, 0.6) is 0 Å². The Morgan fingerprint density at radius 3 is 2.33 bits per heavy atom. The Morgan fingerprint density at radius 2 is 1.78 bits per heavy atom. The normalized spacial score (nSPS) is 13.1. The van der Waals surface area contributed by atoms with Crippen LogP contribution in [0.2, 0.25) is 6.04 Å². The van der Waals surface area contributed by atoms with Crippen LogP contribution in [0.25, 0.3) is 0 Å². The van der Waals surface area contributed by atoms with Crippen molar-refractivity contribution in [1.82, 2.24) is 0 Å². The zero-order valence-corrected chi connectivity index (χ0v) is 18.2. The molecule has 18 heavy (non-hydrogen) atoms. The molecule has 0 radical (unpaired) electrons. The molecule has 0 rings (SSSR count). The molecule has 2 nitrogen and oxygen atoms in total. The average Bonchev–Trinajstić information content (AvgIpc) is 2.26. The molecule has 0 amide bonds. The first kappa shape index (κ1) is 19.6. The van der Waals surface area contributed by atoms with Crippen LogP contribution in [0.15, 0.2) is 12.7 Å². The van der Waals surface area contributed by atoms with Crippen molar-refractivity contribution in [1.29, 1.82) is 0 Å². The van der Waals surface area contributed by atoms with Crippen LogP contribution < -0.4 is 0 Å². The third kappa shape index (κ3) is 14.0. The fourth-order valence-electron chi connectivity index (χ4n) is 1.59. The van der Waals surface area contributed by atoms with Gasteiger partial charge in [-0.15, -0.1) is 0 Å². The number of unbranched alkanes of at least 4 members (excludes halogenated alkanes) is 4. The maximum atomic E-state index is 11.0. The summed E-state index contributed by atoms with van der Waals surface area (Å²) in [5, 5.41) is 0. The summed E-state index contributed by atoms with van der Waals surface area (Å²) >= 11 is 7.87. The van der Waals surface area contributed by atoms with Crippen molar-refractivity contribution < 1.29 is 9.53 Å². The molecule has 1 atom stereocenters. The Kier molecular flexibility index (Phi) is 12.3. The summed E-state index contributed by atoms with van der Waals surface area (Å²) in [4.78, 5) is 11.0. The summed E-state index contributed by atoms with van der Waals surface area (Å²) < 4.78 is 4.19. The molecule has 0 N–H and O–H groups in total. The van der Waals surface area contributed by atoms with E-state index in [2.05, 4.69) is 72.0 Å². The molecule has 6 heteroatoms. The second-order valence-corrected chi connectivity index (χ2v) is 41.3. The van der Waals surface area contributed by atoms with Crippen molar-refractivity contribution in [2.24, 2.45) is 0 Å². The van der Waals surface area contributed by atoms with Crippen LogP contribution in [-0.2, 0) is 9.53 Å². The van der Waals surface area contributed by atoms with E-state index in [4.69, 9.17) is 4.74 Å². The third-order valence-corrected chi connectivity index (χ3v) is 8.33. The van der Waals surface area contributed by atoms with E-state index in [-0.39, 0.29) is 12.1 Å². The van der Waals surface area contributed by atoms with Crippen LogP contribution in [0, 0.1) is 0 Å². The molecule has 0 aromatic heterocycles. The Bertz CT molecular complexity index is 254. The van der Waals surface area contributed by atoms with Gasteiger partial charge in [-0.1, -0.05) is 97.7 Å². The summed E-state index contributed by atoms with van der Waals surface area (Å²) in [6.45, 7) is 5.34. The molecule has 0 aliphatic rings. The van der Waals surface area contributed by atoms with Gasteiger partial charge in [-0.3, -0.25) is 0 Å². The minimum Gasteiger partial charge on any atom is -0.460 e. The standard InChI is InChI=1S/C12H21I3O2Si/c1-3-12(16)17-11(2)9-7-5-4-6-8-10-18(13,14)15/h3,11H,1,4-10H2,2H3. The molecule has 0 fully saturated rings. The van der Waals surface area contributed by atoms with E-state index in [1.165, 1.54) is 37.8 Å². The first-order valence-electron chi connectivity index (χ1n) is 6.25. The van der Waals surface area contributed by atoms with Crippen molar-refractivity contribution in [3.63, 3.8) is 0 Å². The second kappa shape index (κ2) is 11.3. The van der Waals surface area contributed by atoms with Crippen molar-refractivity contribution in [2.75, 3.05) is 0 Å². The lowest BCUT2D eigenvalue weighted by molar-refractivity contribution is -0.142. The van der Waals surface area contributed by atoms with Gasteiger partial charge in [-0.25, -0.2) is 4.79 Å². The molecule has 0 aliphatic carbocycles. The first-order valence-corrected chi connectivity index (χ1v) is 17.8. The summed E-state index contributed by atoms with van der Waals surface area (Å²) in [6, 6.07) is 1.40. The molecular formula is C12H21I3O2Si. The second-order valence-electron chi connectivity index (χ2n) is 4.37. The van der Waals surface area contributed by atoms with Gasteiger partial charge < -0.3 is 4.74 Å². The van der Waals surface area contributed by atoms with Gasteiger partial charge in [0.05, 0.1) is 6.10 Å². The van der Waals surface area contributed by atoms with E-state index >= 15 is 0 Å². The number of carbonyl (C=O) groups is 1. The zero-order chi connectivity index (χ0) is 14.0. The van der Waals surface area contributed by atoms with Gasteiger partial charge in [-0.05, 0) is 25.8 Å². The Labute approximate surface area is 150 Å². The first-order chi connectivity index (χ1) is 8.35. The maximum absolute atomic E-state index is 11.0. The van der Waals surface area contributed by atoms with Gasteiger partial charge in [0.2, 0.25) is 0 Å². The number of rotatable bonds is 10. The number of hydrogen-bond acceptors (Lipinski definition) is 2. The average molecular weight is 606 g/mol. The number of esters is 1. The SMILES string of the molecule is C=CC(=O)OC(C)CCCCCCC[Si](I)(I)I. The Hall–Kier alpha value is 1.62. The molecule has 0 saturated heterocycles. The van der Waals surface area contributed by atoms with Gasteiger partial charge in [0.25, 0.3) is 0.564 Å². The van der Waals surface area contributed by atoms with E-state index in [0.29, 0.717) is 0 Å². The molecule has 0 saturated carbocycles. The highest BCUT2D eigenvalue weighted by Crippen LogP contribution is 2.35. The highest BCUT2D eigenvalue weighted by atomic mass is 127. The van der Waals surface area contributed by atoms with Gasteiger partial charge in [0.1, 0.15) is 0 Å². The van der Waals surface area contributed by atoms with Gasteiger partial charge in [-0.2, -0.15) is 0 Å². The monoisotopic (exact) mass is 606 g/mol. The number of hydrogen-bond donors (Lipinski definition) is 0. The minimum absolute atomic E-state index is 0.0218. The molecule has 0 spiro atoms. The number of carbonyl (C=O) groups excluding carboxylic acids is 1. The van der Waals surface area contributed by atoms with Crippen LogP contribution in [-0.4, -0.2) is 12.6 Å². The van der Waals surface area contributed by atoms with Crippen LogP contribution in [0.1, 0.15) is 45.4 Å². The number of halogens is 3. The number of ether oxygens (including phenoxy) is 1. The zero-order valence-electron chi connectivity index (χ0n) is 10.8. The maximum Gasteiger partial charge on any atom is 0.330 e. The van der Waals surface area contributed by atoms with E-state index in [0.717, 1.165) is 12.8 Å². The molecule has 106 valence electrons. The van der Waals surface area contributed by atoms with E-state index in [9.17, 15) is 4.79 Å². The third-order valence-electron chi connectivity index (χ3n) is 2.55.